The molecule has 27 heavy (non-hydrogen) atoms. The zero-order valence-corrected chi connectivity index (χ0v) is 16.6. The molecule has 1 aromatic heterocycles. The van der Waals surface area contributed by atoms with Gasteiger partial charge in [0.2, 0.25) is 5.91 Å². The number of amides is 2. The third-order valence-corrected chi connectivity index (χ3v) is 4.50. The number of ether oxygens (including phenoxy) is 1. The quantitative estimate of drug-likeness (QED) is 0.741. The van der Waals surface area contributed by atoms with Crippen LogP contribution in [0.1, 0.15) is 39.8 Å². The molecule has 0 fully saturated rings. The number of carbonyl (C=O) groups excluding carboxylic acids is 2. The fourth-order valence-corrected chi connectivity index (χ4v) is 2.85. The molecule has 0 bridgehead atoms. The number of hydrogen-bond donors (Lipinski definition) is 2. The summed E-state index contributed by atoms with van der Waals surface area (Å²) in [5.74, 6) is -0.499. The predicted molar refractivity (Wildman–Crippen MR) is 104 cm³/mol. The summed E-state index contributed by atoms with van der Waals surface area (Å²) in [6.07, 6.45) is 0. The highest BCUT2D eigenvalue weighted by molar-refractivity contribution is 5.97. The van der Waals surface area contributed by atoms with E-state index in [0.717, 1.165) is 22.5 Å². The molecule has 0 aliphatic rings. The molecule has 1 atom stereocenters. The van der Waals surface area contributed by atoms with Crippen molar-refractivity contribution in [2.75, 3.05) is 13.7 Å². The van der Waals surface area contributed by atoms with Crippen LogP contribution < -0.4 is 10.6 Å². The Morgan fingerprint density at radius 3 is 2.67 bits per heavy atom. The highest BCUT2D eigenvalue weighted by Gasteiger charge is 2.18. The molecule has 146 valence electrons. The molecule has 1 unspecified atom stereocenters. The molecule has 2 aromatic rings. The third-order valence-electron chi connectivity index (χ3n) is 4.50. The number of hydrogen-bond acceptors (Lipinski definition) is 4. The van der Waals surface area contributed by atoms with Gasteiger partial charge < -0.3 is 15.4 Å². The molecule has 0 saturated heterocycles. The first-order chi connectivity index (χ1) is 12.8. The highest BCUT2D eigenvalue weighted by atomic mass is 16.5. The summed E-state index contributed by atoms with van der Waals surface area (Å²) in [6.45, 7) is 9.10. The molecule has 0 radical (unpaired) electrons. The van der Waals surface area contributed by atoms with Gasteiger partial charge >= 0.3 is 0 Å². The van der Waals surface area contributed by atoms with E-state index in [0.29, 0.717) is 25.3 Å². The Hall–Kier alpha value is -2.67. The maximum Gasteiger partial charge on any atom is 0.251 e. The van der Waals surface area contributed by atoms with E-state index in [4.69, 9.17) is 4.74 Å². The Kier molecular flexibility index (Phi) is 7.12. The monoisotopic (exact) mass is 372 g/mol. The van der Waals surface area contributed by atoms with E-state index in [1.807, 2.05) is 37.6 Å². The van der Waals surface area contributed by atoms with Crippen molar-refractivity contribution in [1.29, 1.82) is 0 Å². The molecule has 1 heterocycles. The zero-order chi connectivity index (χ0) is 20.0. The van der Waals surface area contributed by atoms with Gasteiger partial charge in [-0.3, -0.25) is 14.3 Å². The normalized spacial score (nSPS) is 11.9. The van der Waals surface area contributed by atoms with E-state index in [2.05, 4.69) is 15.7 Å². The molecule has 7 nitrogen and oxygen atoms in total. The molecule has 2 rings (SSSR count). The number of nitrogens with zero attached hydrogens (tertiary/aromatic N) is 2. The number of aryl methyl sites for hydroxylation is 2. The zero-order valence-electron chi connectivity index (χ0n) is 16.6. The van der Waals surface area contributed by atoms with Crippen LogP contribution in [0.3, 0.4) is 0 Å². The maximum atomic E-state index is 12.4. The molecule has 0 saturated carbocycles. The van der Waals surface area contributed by atoms with Gasteiger partial charge in [-0.05, 0) is 39.8 Å². The van der Waals surface area contributed by atoms with Crippen LogP contribution in [0.5, 0.6) is 0 Å². The van der Waals surface area contributed by atoms with Gasteiger partial charge in [0.05, 0.1) is 18.8 Å². The fraction of sp³-hybridized carbons (Fsp3) is 0.450. The summed E-state index contributed by atoms with van der Waals surface area (Å²) < 4.78 is 6.97. The van der Waals surface area contributed by atoms with Gasteiger partial charge in [0.25, 0.3) is 5.91 Å². The summed E-state index contributed by atoms with van der Waals surface area (Å²) in [5.41, 5.74) is 4.40. The van der Waals surface area contributed by atoms with Crippen LogP contribution in [-0.4, -0.2) is 41.4 Å². The Labute approximate surface area is 160 Å². The van der Waals surface area contributed by atoms with Crippen molar-refractivity contribution in [3.05, 3.63) is 52.3 Å². The van der Waals surface area contributed by atoms with Gasteiger partial charge in [-0.15, -0.1) is 0 Å². The van der Waals surface area contributed by atoms with E-state index in [1.54, 1.807) is 26.2 Å². The fourth-order valence-electron chi connectivity index (χ4n) is 2.85. The number of benzene rings is 1. The lowest BCUT2D eigenvalue weighted by molar-refractivity contribution is -0.122. The maximum absolute atomic E-state index is 12.4. The average Bonchev–Trinajstić information content (AvgIpc) is 2.91. The first kappa shape index (κ1) is 20.6. The minimum absolute atomic E-state index is 0.237. The molecule has 7 heteroatoms. The average molecular weight is 372 g/mol. The molecular weight excluding hydrogens is 344 g/mol. The molecule has 0 spiro atoms. The molecule has 1 aromatic carbocycles. The summed E-state index contributed by atoms with van der Waals surface area (Å²) in [6, 6.07) is 6.63. The second kappa shape index (κ2) is 9.32. The minimum Gasteiger partial charge on any atom is -0.383 e. The van der Waals surface area contributed by atoms with Gasteiger partial charge in [-0.1, -0.05) is 17.7 Å². The Morgan fingerprint density at radius 1 is 1.26 bits per heavy atom. The van der Waals surface area contributed by atoms with Crippen LogP contribution in [0, 0.1) is 20.8 Å². The Bertz CT molecular complexity index is 814. The molecule has 0 aliphatic carbocycles. The number of carbonyl (C=O) groups is 2. The first-order valence-corrected chi connectivity index (χ1v) is 9.00. The van der Waals surface area contributed by atoms with Crippen molar-refractivity contribution < 1.29 is 14.3 Å². The second-order valence-corrected chi connectivity index (χ2v) is 6.65. The summed E-state index contributed by atoms with van der Waals surface area (Å²) >= 11 is 0. The molecule has 2 N–H and O–H groups in total. The number of aromatic nitrogens is 2. The summed E-state index contributed by atoms with van der Waals surface area (Å²) in [5, 5.41) is 10.1. The highest BCUT2D eigenvalue weighted by Crippen LogP contribution is 2.13. The van der Waals surface area contributed by atoms with E-state index < -0.39 is 6.04 Å². The van der Waals surface area contributed by atoms with Crippen LogP contribution in [0.25, 0.3) is 0 Å². The SMILES string of the molecule is COCCn1nc(C)c(CNC(=O)C(C)NC(=O)c2cccc(C)c2)c1C. The smallest absolute Gasteiger partial charge is 0.251 e. The van der Waals surface area contributed by atoms with Crippen molar-refractivity contribution in [3.8, 4) is 0 Å². The van der Waals surface area contributed by atoms with Crippen LogP contribution >= 0.6 is 0 Å². The van der Waals surface area contributed by atoms with Gasteiger partial charge in [0, 0.05) is 30.5 Å². The van der Waals surface area contributed by atoms with E-state index in [1.165, 1.54) is 0 Å². The Morgan fingerprint density at radius 2 is 2.00 bits per heavy atom. The molecule has 2 amide bonds. The largest absolute Gasteiger partial charge is 0.383 e. The van der Waals surface area contributed by atoms with Crippen molar-refractivity contribution in [2.45, 2.75) is 46.8 Å². The van der Waals surface area contributed by atoms with Crippen molar-refractivity contribution in [1.82, 2.24) is 20.4 Å². The van der Waals surface area contributed by atoms with Gasteiger partial charge in [-0.25, -0.2) is 0 Å². The number of methoxy groups -OCH3 is 1. The third kappa shape index (κ3) is 5.40. The Balaban J connectivity index is 1.93. The standard InChI is InChI=1S/C20H28N4O3/c1-13-7-6-8-17(11-13)20(26)22-15(3)19(25)21-12-18-14(2)23-24(16(18)4)9-10-27-5/h6-8,11,15H,9-10,12H2,1-5H3,(H,21,25)(H,22,26). The summed E-state index contributed by atoms with van der Waals surface area (Å²) in [7, 11) is 1.65. The topological polar surface area (TPSA) is 85.2 Å². The minimum atomic E-state index is -0.637. The van der Waals surface area contributed by atoms with Gasteiger partial charge in [0.15, 0.2) is 0 Å². The van der Waals surface area contributed by atoms with Crippen LogP contribution in [-0.2, 0) is 22.6 Å². The molecule has 0 aliphatic heterocycles. The van der Waals surface area contributed by atoms with E-state index >= 15 is 0 Å². The predicted octanol–water partition coefficient (Wildman–Crippen LogP) is 1.89. The van der Waals surface area contributed by atoms with Crippen molar-refractivity contribution in [3.63, 3.8) is 0 Å². The van der Waals surface area contributed by atoms with Crippen molar-refractivity contribution in [2.24, 2.45) is 0 Å². The van der Waals surface area contributed by atoms with Gasteiger partial charge in [-0.2, -0.15) is 5.10 Å². The van der Waals surface area contributed by atoms with Crippen molar-refractivity contribution >= 4 is 11.8 Å². The summed E-state index contributed by atoms with van der Waals surface area (Å²) in [4.78, 5) is 24.7. The second-order valence-electron chi connectivity index (χ2n) is 6.65. The first-order valence-electron chi connectivity index (χ1n) is 9.00. The number of nitrogens with one attached hydrogen (secondary N) is 2. The lowest BCUT2D eigenvalue weighted by Crippen LogP contribution is -2.44. The molecular formula is C20H28N4O3. The van der Waals surface area contributed by atoms with Crippen LogP contribution in [0.15, 0.2) is 24.3 Å². The lowest BCUT2D eigenvalue weighted by Gasteiger charge is -2.14. The van der Waals surface area contributed by atoms with Gasteiger partial charge in [0.1, 0.15) is 6.04 Å². The van der Waals surface area contributed by atoms with Crippen LogP contribution in [0.2, 0.25) is 0 Å². The number of rotatable bonds is 8. The lowest BCUT2D eigenvalue weighted by atomic mass is 10.1. The van der Waals surface area contributed by atoms with E-state index in [9.17, 15) is 9.59 Å². The van der Waals surface area contributed by atoms with E-state index in [-0.39, 0.29) is 11.8 Å². The van der Waals surface area contributed by atoms with Crippen LogP contribution in [0.4, 0.5) is 0 Å².